The predicted molar refractivity (Wildman–Crippen MR) is 74.3 cm³/mol. The van der Waals surface area contributed by atoms with Crippen molar-refractivity contribution in [1.29, 1.82) is 0 Å². The van der Waals surface area contributed by atoms with Crippen LogP contribution in [0.25, 0.3) is 10.9 Å². The van der Waals surface area contributed by atoms with Crippen LogP contribution in [0.3, 0.4) is 0 Å². The van der Waals surface area contributed by atoms with Crippen molar-refractivity contribution in [2.45, 2.75) is 26.3 Å². The van der Waals surface area contributed by atoms with E-state index in [9.17, 15) is 0 Å². The van der Waals surface area contributed by atoms with Crippen LogP contribution in [0.5, 0.6) is 0 Å². The van der Waals surface area contributed by atoms with E-state index in [0.29, 0.717) is 6.04 Å². The van der Waals surface area contributed by atoms with Crippen molar-refractivity contribution in [1.82, 2.24) is 4.98 Å². The van der Waals surface area contributed by atoms with Gasteiger partial charge in [-0.25, -0.2) is 0 Å². The van der Waals surface area contributed by atoms with E-state index in [1.807, 2.05) is 24.4 Å². The number of hydrogen-bond donors (Lipinski definition) is 1. The minimum Gasteiger partial charge on any atom is -0.399 e. The maximum absolute atomic E-state index is 5.78. The van der Waals surface area contributed by atoms with Crippen LogP contribution < -0.4 is 10.6 Å². The lowest BCUT2D eigenvalue weighted by Gasteiger charge is -2.27. The van der Waals surface area contributed by atoms with Crippen molar-refractivity contribution in [3.8, 4) is 0 Å². The number of nitrogens with zero attached hydrogens (tertiary/aromatic N) is 2. The molecule has 1 atom stereocenters. The van der Waals surface area contributed by atoms with Gasteiger partial charge in [-0.2, -0.15) is 0 Å². The largest absolute Gasteiger partial charge is 0.399 e. The third-order valence-electron chi connectivity index (χ3n) is 3.38. The Labute approximate surface area is 102 Å². The summed E-state index contributed by atoms with van der Waals surface area (Å²) in [6.07, 6.45) is 2.96. The fraction of sp³-hybridized carbons (Fsp3) is 0.357. The van der Waals surface area contributed by atoms with Crippen molar-refractivity contribution in [2.75, 3.05) is 17.7 Å². The standard InChI is InChI=1S/C14H19N3/c1-4-10(2)17(3)14-7-8-16-13-9-11(15)5-6-12(13)14/h5-10H,4,15H2,1-3H3. The lowest BCUT2D eigenvalue weighted by Crippen LogP contribution is -2.28. The summed E-state index contributed by atoms with van der Waals surface area (Å²) in [6, 6.07) is 8.47. The molecule has 0 aliphatic carbocycles. The lowest BCUT2D eigenvalue weighted by molar-refractivity contribution is 0.665. The summed E-state index contributed by atoms with van der Waals surface area (Å²) in [6.45, 7) is 4.42. The second kappa shape index (κ2) is 4.62. The Morgan fingerprint density at radius 1 is 1.35 bits per heavy atom. The third-order valence-corrected chi connectivity index (χ3v) is 3.38. The van der Waals surface area contributed by atoms with Gasteiger partial charge in [-0.15, -0.1) is 0 Å². The van der Waals surface area contributed by atoms with Crippen LogP contribution in [0.15, 0.2) is 30.5 Å². The molecule has 1 aromatic carbocycles. The third kappa shape index (κ3) is 2.18. The SMILES string of the molecule is CCC(C)N(C)c1ccnc2cc(N)ccc12. The van der Waals surface area contributed by atoms with Gasteiger partial charge >= 0.3 is 0 Å². The van der Waals surface area contributed by atoms with Gasteiger partial charge in [0.25, 0.3) is 0 Å². The first kappa shape index (κ1) is 11.7. The molecule has 2 N–H and O–H groups in total. The molecule has 0 fully saturated rings. The molecule has 1 aromatic heterocycles. The number of benzene rings is 1. The molecule has 0 aliphatic rings. The van der Waals surface area contributed by atoms with Gasteiger partial charge in [0.2, 0.25) is 0 Å². The van der Waals surface area contributed by atoms with Crippen LogP contribution in [-0.2, 0) is 0 Å². The molecule has 0 amide bonds. The number of nitrogens with two attached hydrogens (primary N) is 1. The van der Waals surface area contributed by atoms with Gasteiger partial charge < -0.3 is 10.6 Å². The maximum Gasteiger partial charge on any atom is 0.0743 e. The van der Waals surface area contributed by atoms with E-state index in [1.165, 1.54) is 5.69 Å². The second-order valence-electron chi connectivity index (χ2n) is 4.47. The molecule has 0 spiro atoms. The Balaban J connectivity index is 2.54. The highest BCUT2D eigenvalue weighted by atomic mass is 15.1. The number of nitrogen functional groups attached to an aromatic ring is 1. The van der Waals surface area contributed by atoms with Crippen molar-refractivity contribution in [2.24, 2.45) is 0 Å². The Morgan fingerprint density at radius 2 is 2.12 bits per heavy atom. The molecular formula is C14H19N3. The molecule has 1 unspecified atom stereocenters. The van der Waals surface area contributed by atoms with Gasteiger partial charge in [-0.3, -0.25) is 4.98 Å². The van der Waals surface area contributed by atoms with E-state index in [4.69, 9.17) is 5.73 Å². The molecule has 3 nitrogen and oxygen atoms in total. The first-order chi connectivity index (χ1) is 8.13. The summed E-state index contributed by atoms with van der Waals surface area (Å²) in [5.41, 5.74) is 8.71. The highest BCUT2D eigenvalue weighted by molar-refractivity contribution is 5.93. The molecule has 3 heteroatoms. The molecule has 0 radical (unpaired) electrons. The Morgan fingerprint density at radius 3 is 2.82 bits per heavy atom. The van der Waals surface area contributed by atoms with Gasteiger partial charge in [-0.05, 0) is 37.6 Å². The molecule has 0 saturated carbocycles. The molecule has 17 heavy (non-hydrogen) atoms. The highest BCUT2D eigenvalue weighted by Crippen LogP contribution is 2.27. The zero-order valence-corrected chi connectivity index (χ0v) is 10.6. The quantitative estimate of drug-likeness (QED) is 0.822. The van der Waals surface area contributed by atoms with Gasteiger partial charge in [0.15, 0.2) is 0 Å². The normalized spacial score (nSPS) is 12.6. The minimum atomic E-state index is 0.512. The summed E-state index contributed by atoms with van der Waals surface area (Å²) >= 11 is 0. The Kier molecular flexibility index (Phi) is 3.18. The van der Waals surface area contributed by atoms with Crippen molar-refractivity contribution < 1.29 is 0 Å². The van der Waals surface area contributed by atoms with Crippen LogP contribution in [0.4, 0.5) is 11.4 Å². The Bertz CT molecular complexity index is 522. The molecule has 1 heterocycles. The average Bonchev–Trinajstić information content (AvgIpc) is 2.35. The summed E-state index contributed by atoms with van der Waals surface area (Å²) in [5.74, 6) is 0. The van der Waals surface area contributed by atoms with Crippen LogP contribution in [0.2, 0.25) is 0 Å². The first-order valence-electron chi connectivity index (χ1n) is 6.00. The van der Waals surface area contributed by atoms with Crippen molar-refractivity contribution >= 4 is 22.3 Å². The molecule has 2 rings (SSSR count). The second-order valence-corrected chi connectivity index (χ2v) is 4.47. The number of aromatic nitrogens is 1. The van der Waals surface area contributed by atoms with E-state index in [2.05, 4.69) is 36.8 Å². The van der Waals surface area contributed by atoms with E-state index in [0.717, 1.165) is 23.0 Å². The lowest BCUT2D eigenvalue weighted by atomic mass is 10.1. The number of fused-ring (bicyclic) bond motifs is 1. The fourth-order valence-electron chi connectivity index (χ4n) is 1.97. The van der Waals surface area contributed by atoms with E-state index in [-0.39, 0.29) is 0 Å². The smallest absolute Gasteiger partial charge is 0.0743 e. The van der Waals surface area contributed by atoms with Gasteiger partial charge in [-0.1, -0.05) is 6.92 Å². The van der Waals surface area contributed by atoms with Gasteiger partial charge in [0, 0.05) is 36.0 Å². The van der Waals surface area contributed by atoms with Crippen LogP contribution >= 0.6 is 0 Å². The number of pyridine rings is 1. The van der Waals surface area contributed by atoms with Gasteiger partial charge in [0.1, 0.15) is 0 Å². The number of rotatable bonds is 3. The first-order valence-corrected chi connectivity index (χ1v) is 6.00. The topological polar surface area (TPSA) is 42.2 Å². The monoisotopic (exact) mass is 229 g/mol. The van der Waals surface area contributed by atoms with Crippen LogP contribution in [-0.4, -0.2) is 18.1 Å². The van der Waals surface area contributed by atoms with Gasteiger partial charge in [0.05, 0.1) is 5.52 Å². The molecule has 90 valence electrons. The van der Waals surface area contributed by atoms with E-state index in [1.54, 1.807) is 0 Å². The number of hydrogen-bond acceptors (Lipinski definition) is 3. The van der Waals surface area contributed by atoms with Crippen molar-refractivity contribution in [3.05, 3.63) is 30.5 Å². The zero-order valence-electron chi connectivity index (χ0n) is 10.6. The molecular weight excluding hydrogens is 210 g/mol. The van der Waals surface area contributed by atoms with Crippen molar-refractivity contribution in [3.63, 3.8) is 0 Å². The predicted octanol–water partition coefficient (Wildman–Crippen LogP) is 3.05. The fourth-order valence-corrected chi connectivity index (χ4v) is 1.97. The van der Waals surface area contributed by atoms with E-state index < -0.39 is 0 Å². The maximum atomic E-state index is 5.78. The average molecular weight is 229 g/mol. The summed E-state index contributed by atoms with van der Waals surface area (Å²) in [5, 5.41) is 1.16. The summed E-state index contributed by atoms with van der Waals surface area (Å²) < 4.78 is 0. The summed E-state index contributed by atoms with van der Waals surface area (Å²) in [4.78, 5) is 6.66. The molecule has 0 bridgehead atoms. The highest BCUT2D eigenvalue weighted by Gasteiger charge is 2.11. The Hall–Kier alpha value is -1.77. The van der Waals surface area contributed by atoms with Crippen LogP contribution in [0, 0.1) is 0 Å². The molecule has 0 saturated heterocycles. The zero-order chi connectivity index (χ0) is 12.4. The number of anilines is 2. The van der Waals surface area contributed by atoms with Crippen LogP contribution in [0.1, 0.15) is 20.3 Å². The molecule has 2 aromatic rings. The minimum absolute atomic E-state index is 0.512. The van der Waals surface area contributed by atoms with E-state index >= 15 is 0 Å². The summed E-state index contributed by atoms with van der Waals surface area (Å²) in [7, 11) is 2.12. The molecule has 0 aliphatic heterocycles.